The van der Waals surface area contributed by atoms with E-state index in [-0.39, 0.29) is 48.5 Å². The third-order valence-corrected chi connectivity index (χ3v) is 7.03. The smallest absolute Gasteiger partial charge is 0.323 e. The van der Waals surface area contributed by atoms with Crippen LogP contribution in [0.25, 0.3) is 0 Å². The van der Waals surface area contributed by atoms with Gasteiger partial charge in [0.2, 0.25) is 11.8 Å². The molecule has 0 aliphatic carbocycles. The molecule has 1 rings (SSSR count). The Kier molecular flexibility index (Phi) is 17.3. The van der Waals surface area contributed by atoms with Gasteiger partial charge in [0.15, 0.2) is 0 Å². The number of carbonyl (C=O) groups excluding carboxylic acids is 5. The summed E-state index contributed by atoms with van der Waals surface area (Å²) in [7, 11) is 5.65. The lowest BCUT2D eigenvalue weighted by atomic mass is 9.80. The maximum atomic E-state index is 11.9. The number of Topliss-reactive ketones (excluding diaryl/α,β-unsaturated/α-hetero) is 1. The molecule has 1 heterocycles. The number of ketones is 1. The Morgan fingerprint density at radius 3 is 1.76 bits per heavy atom. The predicted molar refractivity (Wildman–Crippen MR) is 152 cm³/mol. The van der Waals surface area contributed by atoms with E-state index in [4.69, 9.17) is 9.94 Å². The molecule has 0 bridgehead atoms. The number of rotatable bonds is 11. The van der Waals surface area contributed by atoms with Crippen LogP contribution in [-0.2, 0) is 43.1 Å². The molecular formula is C29H52N2O10. The molecule has 1 saturated heterocycles. The fraction of sp³-hybridized carbons (Fsp3) is 0.793. The number of methoxy groups -OCH3 is 2. The van der Waals surface area contributed by atoms with Crippen molar-refractivity contribution in [1.29, 1.82) is 0 Å². The number of hydrogen-bond donors (Lipinski definition) is 1. The number of carboxylic acids is 1. The van der Waals surface area contributed by atoms with Crippen LogP contribution in [0.15, 0.2) is 0 Å². The number of piperidine rings is 1. The van der Waals surface area contributed by atoms with E-state index in [1.165, 1.54) is 40.2 Å². The van der Waals surface area contributed by atoms with Gasteiger partial charge in [-0.1, -0.05) is 13.8 Å². The van der Waals surface area contributed by atoms with Gasteiger partial charge in [-0.05, 0) is 67.2 Å². The second-order valence-corrected chi connectivity index (χ2v) is 12.1. The number of carboxylic acid groups (broad SMARTS) is 1. The van der Waals surface area contributed by atoms with Crippen LogP contribution in [0.3, 0.4) is 0 Å². The molecule has 0 spiro atoms. The van der Waals surface area contributed by atoms with Crippen molar-refractivity contribution in [2.24, 2.45) is 16.2 Å². The number of nitrogens with zero attached hydrogens (tertiary/aromatic N) is 2. The van der Waals surface area contributed by atoms with E-state index < -0.39 is 22.2 Å². The van der Waals surface area contributed by atoms with Gasteiger partial charge in [0.05, 0.1) is 32.2 Å². The zero-order chi connectivity index (χ0) is 32.8. The van der Waals surface area contributed by atoms with Crippen molar-refractivity contribution >= 4 is 35.5 Å². The number of likely N-dealkylation sites (tertiary alicyclic amines) is 1. The molecule has 1 fully saturated rings. The zero-order valence-electron chi connectivity index (χ0n) is 27.0. The molecule has 0 saturated carbocycles. The van der Waals surface area contributed by atoms with E-state index in [0.29, 0.717) is 19.3 Å². The van der Waals surface area contributed by atoms with E-state index in [2.05, 4.69) is 9.47 Å². The van der Waals surface area contributed by atoms with Crippen molar-refractivity contribution in [2.45, 2.75) is 100.0 Å². The van der Waals surface area contributed by atoms with E-state index in [0.717, 1.165) is 17.9 Å². The number of carbonyl (C=O) groups is 6. The van der Waals surface area contributed by atoms with Crippen LogP contribution in [0.4, 0.5) is 0 Å². The van der Waals surface area contributed by atoms with Gasteiger partial charge in [0, 0.05) is 31.3 Å². The Bertz CT molecular complexity index is 911. The summed E-state index contributed by atoms with van der Waals surface area (Å²) in [5, 5.41) is 9.82. The number of ether oxygens (including phenoxy) is 2. The van der Waals surface area contributed by atoms with Crippen molar-refractivity contribution in [3.63, 3.8) is 0 Å². The van der Waals surface area contributed by atoms with Crippen LogP contribution in [0.2, 0.25) is 0 Å². The molecular weight excluding hydrogens is 536 g/mol. The average Bonchev–Trinajstić information content (AvgIpc) is 2.90. The van der Waals surface area contributed by atoms with E-state index in [1.807, 2.05) is 20.8 Å². The molecule has 12 heteroatoms. The highest BCUT2D eigenvalue weighted by molar-refractivity contribution is 5.86. The van der Waals surface area contributed by atoms with Crippen LogP contribution in [0, 0.1) is 16.2 Å². The Balaban J connectivity index is 0. The van der Waals surface area contributed by atoms with Crippen molar-refractivity contribution in [2.75, 3.05) is 34.9 Å². The minimum Gasteiger partial charge on any atom is -0.480 e. The first-order valence-electron chi connectivity index (χ1n) is 13.6. The largest absolute Gasteiger partial charge is 0.480 e. The highest BCUT2D eigenvalue weighted by Gasteiger charge is 2.39. The summed E-state index contributed by atoms with van der Waals surface area (Å²) >= 11 is 0. The molecule has 238 valence electrons. The highest BCUT2D eigenvalue weighted by Crippen LogP contribution is 2.33. The van der Waals surface area contributed by atoms with Gasteiger partial charge in [-0.2, -0.15) is 0 Å². The SMILES string of the molecule is CC1CCC(C)(C)C(=O)N1CC(=O)O.COC(=O)C(C)(C)CCC(=O)N(C)OC.COC(=O)C(C)(C)CCC(C)=O. The van der Waals surface area contributed by atoms with Crippen LogP contribution >= 0.6 is 0 Å². The molecule has 1 atom stereocenters. The van der Waals surface area contributed by atoms with Gasteiger partial charge in [-0.15, -0.1) is 0 Å². The first-order chi connectivity index (χ1) is 18.6. The number of esters is 2. The van der Waals surface area contributed by atoms with Crippen LogP contribution in [-0.4, -0.2) is 91.5 Å². The lowest BCUT2D eigenvalue weighted by Gasteiger charge is -2.40. The van der Waals surface area contributed by atoms with Gasteiger partial charge in [0.1, 0.15) is 12.3 Å². The number of amides is 2. The maximum absolute atomic E-state index is 11.9. The van der Waals surface area contributed by atoms with Crippen molar-refractivity contribution < 1.29 is 48.2 Å². The summed E-state index contributed by atoms with van der Waals surface area (Å²) in [6, 6.07) is 0.0478. The number of aliphatic carboxylic acids is 1. The van der Waals surface area contributed by atoms with Crippen molar-refractivity contribution in [3.05, 3.63) is 0 Å². The maximum Gasteiger partial charge on any atom is 0.323 e. The van der Waals surface area contributed by atoms with E-state index in [9.17, 15) is 28.8 Å². The van der Waals surface area contributed by atoms with E-state index in [1.54, 1.807) is 27.7 Å². The summed E-state index contributed by atoms with van der Waals surface area (Å²) in [6.07, 6.45) is 3.39. The molecule has 1 N–H and O–H groups in total. The molecule has 1 aliphatic rings. The van der Waals surface area contributed by atoms with Crippen LogP contribution < -0.4 is 0 Å². The zero-order valence-corrected chi connectivity index (χ0v) is 27.0. The molecule has 2 amide bonds. The normalized spacial score (nSPS) is 16.2. The molecule has 0 aromatic heterocycles. The predicted octanol–water partition coefficient (Wildman–Crippen LogP) is 3.65. The van der Waals surface area contributed by atoms with E-state index >= 15 is 0 Å². The average molecular weight is 589 g/mol. The van der Waals surface area contributed by atoms with Gasteiger partial charge >= 0.3 is 17.9 Å². The first kappa shape index (κ1) is 40.1. The molecule has 0 aromatic carbocycles. The second kappa shape index (κ2) is 17.7. The Hall–Kier alpha value is -3.02. The van der Waals surface area contributed by atoms with Crippen LogP contribution in [0.5, 0.6) is 0 Å². The first-order valence-corrected chi connectivity index (χ1v) is 13.6. The summed E-state index contributed by atoms with van der Waals surface area (Å²) in [6.45, 7) is 14.0. The van der Waals surface area contributed by atoms with Crippen molar-refractivity contribution in [1.82, 2.24) is 9.96 Å². The highest BCUT2D eigenvalue weighted by atomic mass is 16.7. The quantitative estimate of drug-likeness (QED) is 0.279. The lowest BCUT2D eigenvalue weighted by molar-refractivity contribution is -0.169. The summed E-state index contributed by atoms with van der Waals surface area (Å²) < 4.78 is 9.24. The number of hydroxylamine groups is 2. The Labute approximate surface area is 245 Å². The minimum atomic E-state index is -0.942. The fourth-order valence-electron chi connectivity index (χ4n) is 3.72. The standard InChI is InChI=1S/C10H19NO4.C10H17NO3.C9H16O3/c1-10(2,9(13)14-4)7-6-8(12)11(3)15-5;1-7-4-5-10(2,3)9(14)11(7)6-8(12)13;1-7(10)5-6-9(2,3)8(11)12-4/h6-7H2,1-5H3;7H,4-6H2,1-3H3,(H,12,13);5-6H2,1-4H3. The molecule has 0 radical (unpaired) electrons. The Morgan fingerprint density at radius 1 is 0.951 bits per heavy atom. The lowest BCUT2D eigenvalue weighted by Crippen LogP contribution is -2.52. The summed E-state index contributed by atoms with van der Waals surface area (Å²) in [5.74, 6) is -1.61. The molecule has 1 aliphatic heterocycles. The second-order valence-electron chi connectivity index (χ2n) is 12.1. The third kappa shape index (κ3) is 15.0. The van der Waals surface area contributed by atoms with Gasteiger partial charge in [-0.25, -0.2) is 5.06 Å². The molecule has 1 unspecified atom stereocenters. The molecule has 41 heavy (non-hydrogen) atoms. The van der Waals surface area contributed by atoms with Crippen molar-refractivity contribution in [3.8, 4) is 0 Å². The van der Waals surface area contributed by atoms with Gasteiger partial charge < -0.3 is 24.3 Å². The minimum absolute atomic E-state index is 0.0429. The monoisotopic (exact) mass is 588 g/mol. The summed E-state index contributed by atoms with van der Waals surface area (Å²) in [5.41, 5.74) is -1.58. The topological polar surface area (TPSA) is 157 Å². The summed E-state index contributed by atoms with van der Waals surface area (Å²) in [4.78, 5) is 73.1. The Morgan fingerprint density at radius 2 is 1.39 bits per heavy atom. The van der Waals surface area contributed by atoms with Crippen LogP contribution in [0.1, 0.15) is 93.9 Å². The van der Waals surface area contributed by atoms with Gasteiger partial charge in [-0.3, -0.25) is 28.8 Å². The third-order valence-electron chi connectivity index (χ3n) is 7.03. The number of hydrogen-bond acceptors (Lipinski definition) is 9. The fourth-order valence-corrected chi connectivity index (χ4v) is 3.72. The van der Waals surface area contributed by atoms with Gasteiger partial charge in [0.25, 0.3) is 0 Å². The molecule has 0 aromatic rings. The molecule has 12 nitrogen and oxygen atoms in total.